The maximum absolute atomic E-state index is 9.60. The summed E-state index contributed by atoms with van der Waals surface area (Å²) < 4.78 is 0. The molecule has 0 aliphatic carbocycles. The van der Waals surface area contributed by atoms with Gasteiger partial charge in [-0.1, -0.05) is 34.2 Å². The zero-order valence-electron chi connectivity index (χ0n) is 6.24. The van der Waals surface area contributed by atoms with Crippen LogP contribution in [0, 0.1) is 0 Å². The van der Waals surface area contributed by atoms with Crippen molar-refractivity contribution in [2.24, 2.45) is 0 Å². The van der Waals surface area contributed by atoms with E-state index in [2.05, 4.69) is 18.1 Å². The Hall–Kier alpha value is -0.350. The Bertz CT molecular complexity index is 157. The quantitative estimate of drug-likeness (QED) is 0.509. The lowest BCUT2D eigenvalue weighted by Gasteiger charge is -1.79. The van der Waals surface area contributed by atoms with Crippen molar-refractivity contribution < 1.29 is 9.90 Å². The van der Waals surface area contributed by atoms with Crippen LogP contribution in [0.15, 0.2) is 23.6 Å². The summed E-state index contributed by atoms with van der Waals surface area (Å²) in [5.74, 6) is 0.264. The van der Waals surface area contributed by atoms with E-state index in [9.17, 15) is 4.79 Å². The third-order valence-electron chi connectivity index (χ3n) is 0.749. The van der Waals surface area contributed by atoms with Gasteiger partial charge in [-0.3, -0.25) is 0 Å². The Morgan fingerprint density at radius 2 is 2.27 bits per heavy atom. The lowest BCUT2D eigenvalue weighted by molar-refractivity contribution is -0.132. The van der Waals surface area contributed by atoms with E-state index >= 15 is 0 Å². The van der Waals surface area contributed by atoms with Gasteiger partial charge < -0.3 is 5.11 Å². The van der Waals surface area contributed by atoms with E-state index in [1.165, 1.54) is 12.7 Å². The van der Waals surface area contributed by atoms with Crippen LogP contribution in [0.1, 0.15) is 6.92 Å². The molecule has 0 saturated carbocycles. The van der Waals surface area contributed by atoms with E-state index in [0.29, 0.717) is 0 Å². The van der Waals surface area contributed by atoms with Crippen molar-refractivity contribution in [2.75, 3.05) is 5.75 Å². The van der Waals surface area contributed by atoms with Crippen LogP contribution in [0.5, 0.6) is 0 Å². The zero-order valence-corrected chi connectivity index (χ0v) is 7.87. The summed E-state index contributed by atoms with van der Waals surface area (Å²) in [4.78, 5) is 9.60. The highest BCUT2D eigenvalue weighted by molar-refractivity contribution is 8.78. The minimum absolute atomic E-state index is 0.176. The monoisotopic (exact) mass is 190 g/mol. The van der Waals surface area contributed by atoms with Crippen molar-refractivity contribution >= 4 is 27.6 Å². The van der Waals surface area contributed by atoms with Crippen LogP contribution in [0.2, 0.25) is 0 Å². The highest BCUT2D eigenvalue weighted by Crippen LogP contribution is 2.27. The molecule has 0 spiro atoms. The molecule has 0 amide bonds. The topological polar surface area (TPSA) is 37.3 Å². The van der Waals surface area contributed by atoms with E-state index in [1.807, 2.05) is 21.6 Å². The molecule has 1 rings (SSSR count). The highest BCUT2D eigenvalue weighted by atomic mass is 33.1. The van der Waals surface area contributed by atoms with Crippen molar-refractivity contribution in [3.8, 4) is 0 Å². The van der Waals surface area contributed by atoms with Crippen molar-refractivity contribution in [3.63, 3.8) is 0 Å². The molecule has 0 fully saturated rings. The number of carbonyl (C=O) groups is 1. The molecule has 0 aromatic rings. The van der Waals surface area contributed by atoms with Gasteiger partial charge >= 0.3 is 5.97 Å². The number of carboxylic acid groups (broad SMARTS) is 1. The second-order valence-electron chi connectivity index (χ2n) is 1.84. The first-order valence-corrected chi connectivity index (χ1v) is 5.35. The zero-order chi connectivity index (χ0) is 8.69. The summed E-state index contributed by atoms with van der Waals surface area (Å²) in [5.41, 5.74) is 0.176. The molecule has 0 bridgehead atoms. The van der Waals surface area contributed by atoms with Crippen LogP contribution in [0.4, 0.5) is 0 Å². The molecule has 0 atom stereocenters. The molecule has 62 valence electrons. The number of hydrogen-bond acceptors (Lipinski definition) is 3. The van der Waals surface area contributed by atoms with Gasteiger partial charge in [-0.25, -0.2) is 4.79 Å². The van der Waals surface area contributed by atoms with Gasteiger partial charge in [0.15, 0.2) is 0 Å². The van der Waals surface area contributed by atoms with E-state index < -0.39 is 5.97 Å². The first-order chi connectivity index (χ1) is 5.14. The highest BCUT2D eigenvalue weighted by Gasteiger charge is 1.90. The first kappa shape index (κ1) is 10.7. The largest absolute Gasteiger partial charge is 0.478 e. The molecular weight excluding hydrogens is 180 g/mol. The summed E-state index contributed by atoms with van der Waals surface area (Å²) in [7, 11) is 3.69. The van der Waals surface area contributed by atoms with Crippen molar-refractivity contribution in [2.45, 2.75) is 6.92 Å². The molecule has 1 heterocycles. The smallest absolute Gasteiger partial charge is 0.330 e. The maximum Gasteiger partial charge on any atom is 0.330 e. The van der Waals surface area contributed by atoms with E-state index in [0.717, 1.165) is 0 Å². The molecule has 11 heavy (non-hydrogen) atoms. The molecule has 4 heteroatoms. The molecular formula is C7H10O2S2. The third-order valence-corrected chi connectivity index (χ3v) is 2.67. The average molecular weight is 190 g/mol. The fourth-order valence-electron chi connectivity index (χ4n) is 0.196. The minimum atomic E-state index is -0.935. The molecule has 0 aromatic heterocycles. The van der Waals surface area contributed by atoms with E-state index in [1.54, 1.807) is 0 Å². The molecule has 0 unspecified atom stereocenters. The summed E-state index contributed by atoms with van der Waals surface area (Å²) in [6.45, 7) is 4.60. The van der Waals surface area contributed by atoms with Gasteiger partial charge in [-0.05, 0) is 12.3 Å². The molecule has 1 aliphatic heterocycles. The Morgan fingerprint density at radius 3 is 2.36 bits per heavy atom. The van der Waals surface area contributed by atoms with Crippen molar-refractivity contribution in [3.05, 3.63) is 23.6 Å². The predicted molar refractivity (Wildman–Crippen MR) is 51.6 cm³/mol. The number of aliphatic carboxylic acids is 1. The number of hydrogen-bond donors (Lipinski definition) is 1. The Kier molecular flexibility index (Phi) is 6.16. The van der Waals surface area contributed by atoms with Crippen LogP contribution < -0.4 is 0 Å². The second kappa shape index (κ2) is 6.37. The lowest BCUT2D eigenvalue weighted by atomic mass is 10.4. The summed E-state index contributed by atoms with van der Waals surface area (Å²) in [5, 5.41) is 10.0. The minimum Gasteiger partial charge on any atom is -0.478 e. The van der Waals surface area contributed by atoms with Gasteiger partial charge in [0.2, 0.25) is 0 Å². The molecule has 0 radical (unpaired) electrons. The van der Waals surface area contributed by atoms with Gasteiger partial charge in [-0.15, -0.1) is 0 Å². The first-order valence-electron chi connectivity index (χ1n) is 2.96. The Balaban J connectivity index is 0.000000183. The van der Waals surface area contributed by atoms with Crippen LogP contribution >= 0.6 is 21.6 Å². The summed E-state index contributed by atoms with van der Waals surface area (Å²) in [6.07, 6.45) is 2.16. The fraction of sp³-hybridized carbons (Fsp3) is 0.286. The van der Waals surface area contributed by atoms with Crippen LogP contribution in [-0.4, -0.2) is 16.8 Å². The van der Waals surface area contributed by atoms with Gasteiger partial charge in [0.25, 0.3) is 0 Å². The maximum atomic E-state index is 9.60. The van der Waals surface area contributed by atoms with Gasteiger partial charge in [-0.2, -0.15) is 0 Å². The summed E-state index contributed by atoms with van der Waals surface area (Å²) >= 11 is 0. The van der Waals surface area contributed by atoms with Crippen LogP contribution in [0.25, 0.3) is 0 Å². The molecule has 1 N–H and O–H groups in total. The van der Waals surface area contributed by atoms with Crippen molar-refractivity contribution in [1.29, 1.82) is 0 Å². The van der Waals surface area contributed by atoms with Crippen LogP contribution in [-0.2, 0) is 4.79 Å². The SMILES string of the molecule is C1=CSSC1.C=C(C)C(=O)O. The lowest BCUT2D eigenvalue weighted by Crippen LogP contribution is -1.92. The van der Waals surface area contributed by atoms with Gasteiger partial charge in [0.05, 0.1) is 0 Å². The third kappa shape index (κ3) is 7.55. The Labute approximate surface area is 74.2 Å². The molecule has 0 saturated heterocycles. The Morgan fingerprint density at radius 1 is 1.73 bits per heavy atom. The molecule has 0 aromatic carbocycles. The number of rotatable bonds is 1. The van der Waals surface area contributed by atoms with Crippen molar-refractivity contribution in [1.82, 2.24) is 0 Å². The predicted octanol–water partition coefficient (Wildman–Crippen LogP) is 2.54. The second-order valence-corrected chi connectivity index (χ2v) is 4.16. The van der Waals surface area contributed by atoms with Crippen LogP contribution in [0.3, 0.4) is 0 Å². The van der Waals surface area contributed by atoms with Gasteiger partial charge in [0, 0.05) is 11.3 Å². The standard InChI is InChI=1S/C4H6O2.C3H4S2/c1-3(2)4(5)6;1-2-4-5-3-1/h1H2,2H3,(H,5,6);1-2H,3H2. The summed E-state index contributed by atoms with van der Waals surface area (Å²) in [6, 6.07) is 0. The van der Waals surface area contributed by atoms with Gasteiger partial charge in [0.1, 0.15) is 0 Å². The van der Waals surface area contributed by atoms with E-state index in [4.69, 9.17) is 5.11 Å². The van der Waals surface area contributed by atoms with E-state index in [-0.39, 0.29) is 5.57 Å². The fourth-order valence-corrected chi connectivity index (χ4v) is 1.77. The molecule has 1 aliphatic rings. The number of carboxylic acids is 1. The average Bonchev–Trinajstić information content (AvgIpc) is 2.41. The molecule has 2 nitrogen and oxygen atoms in total. The normalized spacial score (nSPS) is 13.5.